The largest absolute Gasteiger partial charge is 0.481 e. The molecule has 0 bridgehead atoms. The number of aliphatic carboxylic acids is 1. The third kappa shape index (κ3) is 5.23. The Labute approximate surface area is 192 Å². The predicted molar refractivity (Wildman–Crippen MR) is 120 cm³/mol. The van der Waals surface area contributed by atoms with E-state index in [9.17, 15) is 14.7 Å². The van der Waals surface area contributed by atoms with E-state index in [2.05, 4.69) is 21.4 Å². The second-order valence-electron chi connectivity index (χ2n) is 8.76. The molecule has 2 aromatic rings. The molecule has 0 saturated carbocycles. The standard InChI is InChI=1S/C24H29FN4O4/c1-33-20-10-8-17(13-27-20)19(12-22(31)32)24(25)14-29(15-24)21(30)6-2-5-18-9-7-16-4-3-11-26-23(16)28-18/h7-10,13,19H,2-6,11-12,14-15H2,1H3,(H,26,28)(H,31,32)/t19-/m1/s1. The van der Waals surface area contributed by atoms with Crippen molar-refractivity contribution in [2.24, 2.45) is 0 Å². The summed E-state index contributed by atoms with van der Waals surface area (Å²) in [5.41, 5.74) is 0.854. The Morgan fingerprint density at radius 2 is 2.12 bits per heavy atom. The van der Waals surface area contributed by atoms with Gasteiger partial charge in [0.15, 0.2) is 5.67 Å². The van der Waals surface area contributed by atoms with Crippen molar-refractivity contribution in [1.82, 2.24) is 14.9 Å². The van der Waals surface area contributed by atoms with Crippen LogP contribution in [0, 0.1) is 0 Å². The van der Waals surface area contributed by atoms with Crippen molar-refractivity contribution >= 4 is 17.7 Å². The van der Waals surface area contributed by atoms with Crippen LogP contribution in [-0.2, 0) is 22.4 Å². The molecule has 1 atom stereocenters. The van der Waals surface area contributed by atoms with Crippen molar-refractivity contribution in [3.63, 3.8) is 0 Å². The fraction of sp³-hybridized carbons (Fsp3) is 0.500. The highest BCUT2D eigenvalue weighted by Gasteiger charge is 2.52. The number of methoxy groups -OCH3 is 1. The van der Waals surface area contributed by atoms with Crippen molar-refractivity contribution in [1.29, 1.82) is 0 Å². The third-order valence-corrected chi connectivity index (χ3v) is 6.41. The molecule has 2 aromatic heterocycles. The molecule has 1 saturated heterocycles. The minimum atomic E-state index is -1.80. The van der Waals surface area contributed by atoms with Gasteiger partial charge in [-0.25, -0.2) is 14.4 Å². The van der Waals surface area contributed by atoms with Gasteiger partial charge in [-0.2, -0.15) is 0 Å². The highest BCUT2D eigenvalue weighted by atomic mass is 19.1. The number of hydrogen-bond acceptors (Lipinski definition) is 6. The molecule has 33 heavy (non-hydrogen) atoms. The van der Waals surface area contributed by atoms with Gasteiger partial charge in [-0.3, -0.25) is 9.59 Å². The molecular weight excluding hydrogens is 427 g/mol. The number of nitrogens with zero attached hydrogens (tertiary/aromatic N) is 3. The first kappa shape index (κ1) is 22.9. The van der Waals surface area contributed by atoms with E-state index < -0.39 is 17.6 Å². The van der Waals surface area contributed by atoms with Crippen molar-refractivity contribution in [3.8, 4) is 5.88 Å². The van der Waals surface area contributed by atoms with Crippen LogP contribution >= 0.6 is 0 Å². The van der Waals surface area contributed by atoms with E-state index in [0.29, 0.717) is 30.7 Å². The lowest BCUT2D eigenvalue weighted by Crippen LogP contribution is -2.63. The number of aromatic nitrogens is 2. The van der Waals surface area contributed by atoms with E-state index >= 15 is 4.39 Å². The molecule has 2 N–H and O–H groups in total. The lowest BCUT2D eigenvalue weighted by Gasteiger charge is -2.48. The minimum Gasteiger partial charge on any atom is -0.481 e. The quantitative estimate of drug-likeness (QED) is 0.598. The van der Waals surface area contributed by atoms with Gasteiger partial charge in [0.1, 0.15) is 5.82 Å². The smallest absolute Gasteiger partial charge is 0.304 e. The number of alkyl halides is 1. The molecule has 176 valence electrons. The van der Waals surface area contributed by atoms with E-state index in [1.165, 1.54) is 23.8 Å². The van der Waals surface area contributed by atoms with Crippen LogP contribution in [0.2, 0.25) is 0 Å². The number of carbonyl (C=O) groups is 2. The molecule has 2 aliphatic rings. The number of aryl methyl sites for hydroxylation is 2. The molecule has 0 radical (unpaired) electrons. The summed E-state index contributed by atoms with van der Waals surface area (Å²) in [6, 6.07) is 7.31. The van der Waals surface area contributed by atoms with Crippen LogP contribution in [0.3, 0.4) is 0 Å². The summed E-state index contributed by atoms with van der Waals surface area (Å²) in [5.74, 6) is -0.793. The van der Waals surface area contributed by atoms with E-state index in [1.807, 2.05) is 6.07 Å². The second-order valence-corrected chi connectivity index (χ2v) is 8.76. The zero-order valence-corrected chi connectivity index (χ0v) is 18.7. The first-order valence-corrected chi connectivity index (χ1v) is 11.3. The van der Waals surface area contributed by atoms with Gasteiger partial charge in [0.2, 0.25) is 11.8 Å². The van der Waals surface area contributed by atoms with Gasteiger partial charge in [0, 0.05) is 36.8 Å². The molecular formula is C24H29FN4O4. The summed E-state index contributed by atoms with van der Waals surface area (Å²) in [5, 5.41) is 12.6. The fourth-order valence-electron chi connectivity index (χ4n) is 4.56. The number of rotatable bonds is 9. The zero-order valence-electron chi connectivity index (χ0n) is 18.7. The monoisotopic (exact) mass is 456 g/mol. The maximum atomic E-state index is 15.6. The van der Waals surface area contributed by atoms with Crippen molar-refractivity contribution in [2.45, 2.75) is 50.1 Å². The molecule has 2 aliphatic heterocycles. The number of halogens is 1. The molecule has 4 rings (SSSR count). The number of fused-ring (bicyclic) bond motifs is 1. The average molecular weight is 457 g/mol. The Morgan fingerprint density at radius 1 is 1.30 bits per heavy atom. The van der Waals surface area contributed by atoms with Crippen molar-refractivity contribution < 1.29 is 23.8 Å². The number of carboxylic acid groups (broad SMARTS) is 1. The van der Waals surface area contributed by atoms with Gasteiger partial charge in [0.05, 0.1) is 26.6 Å². The Balaban J connectivity index is 1.31. The lowest BCUT2D eigenvalue weighted by atomic mass is 9.76. The number of carboxylic acids is 1. The normalized spacial score (nSPS) is 17.3. The van der Waals surface area contributed by atoms with Crippen LogP contribution in [0.5, 0.6) is 5.88 Å². The molecule has 1 amide bonds. The van der Waals surface area contributed by atoms with Crippen LogP contribution in [0.25, 0.3) is 0 Å². The van der Waals surface area contributed by atoms with Gasteiger partial charge in [-0.1, -0.05) is 12.1 Å². The molecule has 9 heteroatoms. The Kier molecular flexibility index (Phi) is 6.76. The maximum Gasteiger partial charge on any atom is 0.304 e. The molecule has 8 nitrogen and oxygen atoms in total. The van der Waals surface area contributed by atoms with Crippen molar-refractivity contribution in [3.05, 3.63) is 47.3 Å². The summed E-state index contributed by atoms with van der Waals surface area (Å²) in [4.78, 5) is 34.1. The average Bonchev–Trinajstić information content (AvgIpc) is 2.80. The summed E-state index contributed by atoms with van der Waals surface area (Å²) in [6.07, 6.45) is 4.81. The Bertz CT molecular complexity index is 1010. The Morgan fingerprint density at radius 3 is 2.82 bits per heavy atom. The molecule has 0 aliphatic carbocycles. The highest BCUT2D eigenvalue weighted by molar-refractivity contribution is 5.77. The molecule has 1 fully saturated rings. The number of hydrogen-bond donors (Lipinski definition) is 2. The molecule has 0 unspecified atom stereocenters. The topological polar surface area (TPSA) is 105 Å². The maximum absolute atomic E-state index is 15.6. The third-order valence-electron chi connectivity index (χ3n) is 6.41. The molecule has 4 heterocycles. The number of anilines is 1. The molecule has 0 spiro atoms. The molecule has 0 aromatic carbocycles. The van der Waals surface area contributed by atoms with Gasteiger partial charge in [-0.05, 0) is 42.9 Å². The van der Waals surface area contributed by atoms with E-state index in [1.54, 1.807) is 12.1 Å². The van der Waals surface area contributed by atoms with Crippen LogP contribution in [0.1, 0.15) is 48.4 Å². The van der Waals surface area contributed by atoms with Gasteiger partial charge < -0.3 is 20.1 Å². The summed E-state index contributed by atoms with van der Waals surface area (Å²) in [6.45, 7) is 0.699. The number of ether oxygens (including phenoxy) is 1. The number of carbonyl (C=O) groups excluding carboxylic acids is 1. The Hall–Kier alpha value is -3.23. The second kappa shape index (κ2) is 9.72. The van der Waals surface area contributed by atoms with E-state index in [-0.39, 0.29) is 25.4 Å². The fourth-order valence-corrected chi connectivity index (χ4v) is 4.56. The number of likely N-dealkylation sites (tertiary alicyclic amines) is 1. The minimum absolute atomic E-state index is 0.114. The van der Waals surface area contributed by atoms with Gasteiger partial charge in [-0.15, -0.1) is 0 Å². The predicted octanol–water partition coefficient (Wildman–Crippen LogP) is 2.98. The summed E-state index contributed by atoms with van der Waals surface area (Å²) >= 11 is 0. The number of nitrogens with one attached hydrogen (secondary N) is 1. The zero-order chi connectivity index (χ0) is 23.4. The number of amides is 1. The van der Waals surface area contributed by atoms with Gasteiger partial charge >= 0.3 is 5.97 Å². The van der Waals surface area contributed by atoms with Crippen molar-refractivity contribution in [2.75, 3.05) is 32.1 Å². The van der Waals surface area contributed by atoms with Crippen LogP contribution < -0.4 is 10.1 Å². The highest BCUT2D eigenvalue weighted by Crippen LogP contribution is 2.42. The van der Waals surface area contributed by atoms with E-state index in [0.717, 1.165) is 30.9 Å². The summed E-state index contributed by atoms with van der Waals surface area (Å²) < 4.78 is 20.6. The van der Waals surface area contributed by atoms with Crippen LogP contribution in [-0.4, -0.2) is 64.3 Å². The summed E-state index contributed by atoms with van der Waals surface area (Å²) in [7, 11) is 1.47. The van der Waals surface area contributed by atoms with Gasteiger partial charge in [0.25, 0.3) is 0 Å². The van der Waals surface area contributed by atoms with Crippen LogP contribution in [0.4, 0.5) is 10.2 Å². The van der Waals surface area contributed by atoms with E-state index in [4.69, 9.17) is 4.74 Å². The first-order chi connectivity index (χ1) is 15.9. The van der Waals surface area contributed by atoms with Crippen LogP contribution in [0.15, 0.2) is 30.5 Å². The lowest BCUT2D eigenvalue weighted by molar-refractivity contribution is -0.150. The first-order valence-electron chi connectivity index (χ1n) is 11.3. The number of pyridine rings is 2. The SMILES string of the molecule is COc1ccc([C@@H](CC(=O)O)C2(F)CN(C(=O)CCCc3ccc4c(n3)NCCC4)C2)cn1.